The molecular formula is C15H25NO. The van der Waals surface area contributed by atoms with E-state index in [1.165, 1.54) is 45.2 Å². The van der Waals surface area contributed by atoms with Gasteiger partial charge in [0.25, 0.3) is 0 Å². The van der Waals surface area contributed by atoms with Gasteiger partial charge in [0, 0.05) is 18.9 Å². The molecule has 1 saturated heterocycles. The molecule has 0 aromatic carbocycles. The number of carbonyl (C=O) groups is 1. The smallest absolute Gasteiger partial charge is 0.133 e. The Kier molecular flexibility index (Phi) is 3.25. The minimum absolute atomic E-state index is 0.556. The Morgan fingerprint density at radius 2 is 1.94 bits per heavy atom. The minimum Gasteiger partial charge on any atom is -0.300 e. The van der Waals surface area contributed by atoms with E-state index in [4.69, 9.17) is 0 Å². The van der Waals surface area contributed by atoms with Crippen LogP contribution in [0.4, 0.5) is 0 Å². The van der Waals surface area contributed by atoms with Crippen LogP contribution in [0.5, 0.6) is 0 Å². The van der Waals surface area contributed by atoms with Gasteiger partial charge >= 0.3 is 0 Å². The number of hydrogen-bond acceptors (Lipinski definition) is 2. The first kappa shape index (κ1) is 11.7. The lowest BCUT2D eigenvalue weighted by molar-refractivity contribution is -0.130. The maximum Gasteiger partial charge on any atom is 0.133 e. The molecule has 0 unspecified atom stereocenters. The van der Waals surface area contributed by atoms with Gasteiger partial charge in [-0.1, -0.05) is 13.3 Å². The highest BCUT2D eigenvalue weighted by Crippen LogP contribution is 2.48. The van der Waals surface area contributed by atoms with Crippen molar-refractivity contribution in [2.45, 2.75) is 57.9 Å². The molecule has 0 bridgehead atoms. The van der Waals surface area contributed by atoms with Crippen molar-refractivity contribution in [3.8, 4) is 0 Å². The summed E-state index contributed by atoms with van der Waals surface area (Å²) in [5.74, 6) is 2.89. The zero-order valence-electron chi connectivity index (χ0n) is 11.0. The molecule has 1 heterocycles. The van der Waals surface area contributed by atoms with Crippen LogP contribution >= 0.6 is 0 Å². The highest BCUT2D eigenvalue weighted by atomic mass is 16.1. The molecular weight excluding hydrogens is 210 g/mol. The van der Waals surface area contributed by atoms with E-state index in [-0.39, 0.29) is 0 Å². The summed E-state index contributed by atoms with van der Waals surface area (Å²) in [6.07, 6.45) is 8.43. The standard InChI is InChI=1S/C15H25NO/c1-2-7-16-8-6-12-10-13(17)9-11-4-3-5-14(16)15(11)12/h11-12,14-15H,2-10H2,1H3/t11-,12+,14-,15+/m0/s1. The third kappa shape index (κ3) is 2.05. The molecule has 1 aliphatic heterocycles. The molecule has 2 heteroatoms. The van der Waals surface area contributed by atoms with Crippen molar-refractivity contribution in [3.05, 3.63) is 0 Å². The summed E-state index contributed by atoms with van der Waals surface area (Å²) in [4.78, 5) is 14.6. The Balaban J connectivity index is 1.80. The zero-order chi connectivity index (χ0) is 11.8. The molecule has 3 aliphatic rings. The van der Waals surface area contributed by atoms with Crippen LogP contribution in [-0.4, -0.2) is 29.8 Å². The van der Waals surface area contributed by atoms with Gasteiger partial charge in [-0.05, 0) is 56.5 Å². The van der Waals surface area contributed by atoms with Gasteiger partial charge < -0.3 is 4.90 Å². The molecule has 0 spiro atoms. The predicted molar refractivity (Wildman–Crippen MR) is 68.8 cm³/mol. The van der Waals surface area contributed by atoms with Gasteiger partial charge in [-0.15, -0.1) is 0 Å². The van der Waals surface area contributed by atoms with Crippen molar-refractivity contribution in [3.63, 3.8) is 0 Å². The Morgan fingerprint density at radius 3 is 2.71 bits per heavy atom. The van der Waals surface area contributed by atoms with E-state index in [1.54, 1.807) is 0 Å². The van der Waals surface area contributed by atoms with Crippen molar-refractivity contribution in [2.24, 2.45) is 17.8 Å². The van der Waals surface area contributed by atoms with E-state index in [1.807, 2.05) is 0 Å². The fourth-order valence-electron chi connectivity index (χ4n) is 4.81. The molecule has 0 N–H and O–H groups in total. The normalized spacial score (nSPS) is 42.3. The van der Waals surface area contributed by atoms with E-state index in [0.717, 1.165) is 36.6 Å². The molecule has 0 aromatic heterocycles. The number of rotatable bonds is 2. The summed E-state index contributed by atoms with van der Waals surface area (Å²) in [7, 11) is 0. The highest BCUT2D eigenvalue weighted by Gasteiger charge is 2.47. The largest absolute Gasteiger partial charge is 0.300 e. The first-order valence-electron chi connectivity index (χ1n) is 7.55. The summed E-state index contributed by atoms with van der Waals surface area (Å²) < 4.78 is 0. The fraction of sp³-hybridized carbons (Fsp3) is 0.933. The third-order valence-electron chi connectivity index (χ3n) is 5.35. The predicted octanol–water partition coefficient (Wildman–Crippen LogP) is 2.87. The molecule has 3 rings (SSSR count). The summed E-state index contributed by atoms with van der Waals surface area (Å²) in [5, 5.41) is 0. The van der Waals surface area contributed by atoms with Crippen LogP contribution in [0.1, 0.15) is 51.9 Å². The van der Waals surface area contributed by atoms with Gasteiger partial charge in [-0.25, -0.2) is 0 Å². The number of Topliss-reactive ketones (excluding diaryl/α,β-unsaturated/α-hetero) is 1. The van der Waals surface area contributed by atoms with E-state index < -0.39 is 0 Å². The van der Waals surface area contributed by atoms with E-state index in [9.17, 15) is 4.79 Å². The highest BCUT2D eigenvalue weighted by molar-refractivity contribution is 5.80. The lowest BCUT2D eigenvalue weighted by Crippen LogP contribution is -2.55. The maximum atomic E-state index is 11.8. The molecule has 2 saturated carbocycles. The summed E-state index contributed by atoms with van der Waals surface area (Å²) in [6.45, 7) is 4.81. The number of hydrogen-bond donors (Lipinski definition) is 0. The van der Waals surface area contributed by atoms with E-state index in [0.29, 0.717) is 5.78 Å². The Labute approximate surface area is 105 Å². The van der Waals surface area contributed by atoms with E-state index in [2.05, 4.69) is 11.8 Å². The van der Waals surface area contributed by atoms with Crippen LogP contribution < -0.4 is 0 Å². The van der Waals surface area contributed by atoms with Crippen molar-refractivity contribution in [1.29, 1.82) is 0 Å². The van der Waals surface area contributed by atoms with Crippen molar-refractivity contribution in [1.82, 2.24) is 4.90 Å². The first-order chi connectivity index (χ1) is 8.29. The fourth-order valence-corrected chi connectivity index (χ4v) is 4.81. The number of nitrogens with zero attached hydrogens (tertiary/aromatic N) is 1. The SMILES string of the molecule is CCCN1CC[C@@H]2CC(=O)C[C@@H]3CCC[C@H]1[C@@H]23. The van der Waals surface area contributed by atoms with Crippen molar-refractivity contribution >= 4 is 5.78 Å². The van der Waals surface area contributed by atoms with Gasteiger partial charge in [0.15, 0.2) is 0 Å². The molecule has 0 amide bonds. The van der Waals surface area contributed by atoms with Crippen LogP contribution in [0.3, 0.4) is 0 Å². The first-order valence-corrected chi connectivity index (χ1v) is 7.55. The van der Waals surface area contributed by atoms with Gasteiger partial charge in [0.1, 0.15) is 5.78 Å². The lowest BCUT2D eigenvalue weighted by atomic mass is 9.60. The molecule has 3 fully saturated rings. The van der Waals surface area contributed by atoms with Gasteiger partial charge in [0.2, 0.25) is 0 Å². The van der Waals surface area contributed by atoms with Gasteiger partial charge in [-0.2, -0.15) is 0 Å². The third-order valence-corrected chi connectivity index (χ3v) is 5.35. The number of piperidine rings is 1. The Morgan fingerprint density at radius 1 is 1.18 bits per heavy atom. The summed E-state index contributed by atoms with van der Waals surface area (Å²) in [5.41, 5.74) is 0. The Bertz CT molecular complexity index is 291. The van der Waals surface area contributed by atoms with Crippen LogP contribution in [0, 0.1) is 17.8 Å². The van der Waals surface area contributed by atoms with Crippen LogP contribution in [-0.2, 0) is 4.79 Å². The average molecular weight is 235 g/mol. The molecule has 17 heavy (non-hydrogen) atoms. The molecule has 0 radical (unpaired) electrons. The average Bonchev–Trinajstić information content (AvgIpc) is 2.32. The van der Waals surface area contributed by atoms with Gasteiger partial charge in [-0.3, -0.25) is 4.79 Å². The second kappa shape index (κ2) is 4.72. The maximum absolute atomic E-state index is 11.8. The van der Waals surface area contributed by atoms with E-state index >= 15 is 0 Å². The lowest BCUT2D eigenvalue weighted by Gasteiger charge is -2.53. The van der Waals surface area contributed by atoms with Crippen LogP contribution in [0.2, 0.25) is 0 Å². The van der Waals surface area contributed by atoms with Gasteiger partial charge in [0.05, 0.1) is 0 Å². The number of ketones is 1. The van der Waals surface area contributed by atoms with Crippen LogP contribution in [0.15, 0.2) is 0 Å². The summed E-state index contributed by atoms with van der Waals surface area (Å²) in [6, 6.07) is 0.820. The second-order valence-electron chi connectivity index (χ2n) is 6.37. The minimum atomic E-state index is 0.556. The van der Waals surface area contributed by atoms with Crippen molar-refractivity contribution < 1.29 is 4.79 Å². The zero-order valence-corrected chi connectivity index (χ0v) is 11.0. The van der Waals surface area contributed by atoms with Crippen LogP contribution in [0.25, 0.3) is 0 Å². The second-order valence-corrected chi connectivity index (χ2v) is 6.37. The molecule has 96 valence electrons. The molecule has 4 atom stereocenters. The molecule has 0 aromatic rings. The number of likely N-dealkylation sites (tertiary alicyclic amines) is 1. The van der Waals surface area contributed by atoms with Crippen molar-refractivity contribution in [2.75, 3.05) is 13.1 Å². The summed E-state index contributed by atoms with van der Waals surface area (Å²) >= 11 is 0. The Hall–Kier alpha value is -0.370. The quantitative estimate of drug-likeness (QED) is 0.733. The number of carbonyl (C=O) groups excluding carboxylic acids is 1. The monoisotopic (exact) mass is 235 g/mol. The molecule has 2 nitrogen and oxygen atoms in total. The molecule has 2 aliphatic carbocycles. The topological polar surface area (TPSA) is 20.3 Å².